The molecule has 0 aliphatic rings. The Bertz CT molecular complexity index is 739. The molecule has 0 fully saturated rings. The van der Waals surface area contributed by atoms with Gasteiger partial charge in [-0.2, -0.15) is 0 Å². The van der Waals surface area contributed by atoms with Gasteiger partial charge < -0.3 is 16.4 Å². The van der Waals surface area contributed by atoms with Crippen LogP contribution in [0, 0.1) is 0 Å². The lowest BCUT2D eigenvalue weighted by Gasteiger charge is -2.07. The molecule has 0 atom stereocenters. The first-order valence-corrected chi connectivity index (χ1v) is 7.00. The molecule has 2 rings (SSSR count). The average Bonchev–Trinajstić information content (AvgIpc) is 2.49. The fourth-order valence-corrected chi connectivity index (χ4v) is 2.05. The van der Waals surface area contributed by atoms with E-state index >= 15 is 0 Å². The van der Waals surface area contributed by atoms with Crippen LogP contribution in [0.3, 0.4) is 0 Å². The van der Waals surface area contributed by atoms with Gasteiger partial charge in [-0.25, -0.2) is 0 Å². The van der Waals surface area contributed by atoms with Crippen LogP contribution in [0.15, 0.2) is 48.5 Å². The third kappa shape index (κ3) is 4.96. The van der Waals surface area contributed by atoms with Gasteiger partial charge in [0.2, 0.25) is 17.7 Å². The summed E-state index contributed by atoms with van der Waals surface area (Å²) in [6.07, 6.45) is 0.182. The highest BCUT2D eigenvalue weighted by Gasteiger charge is 2.07. The van der Waals surface area contributed by atoms with Gasteiger partial charge in [0.15, 0.2) is 0 Å². The zero-order chi connectivity index (χ0) is 16.8. The molecule has 4 N–H and O–H groups in total. The first kappa shape index (κ1) is 16.2. The molecule has 2 aromatic rings. The van der Waals surface area contributed by atoms with Crippen molar-refractivity contribution >= 4 is 29.1 Å². The van der Waals surface area contributed by atoms with E-state index in [-0.39, 0.29) is 18.2 Å². The van der Waals surface area contributed by atoms with E-state index in [9.17, 15) is 14.4 Å². The predicted octanol–water partition coefficient (Wildman–Crippen LogP) is 1.93. The minimum atomic E-state index is -0.547. The van der Waals surface area contributed by atoms with E-state index in [2.05, 4.69) is 10.6 Å². The summed E-state index contributed by atoms with van der Waals surface area (Å²) in [5.74, 6) is -0.904. The van der Waals surface area contributed by atoms with E-state index in [1.54, 1.807) is 42.5 Å². The average molecular weight is 311 g/mol. The Labute approximate surface area is 133 Å². The summed E-state index contributed by atoms with van der Waals surface area (Å²) in [4.78, 5) is 34.1. The number of carbonyl (C=O) groups is 3. The Kier molecular flexibility index (Phi) is 5.09. The van der Waals surface area contributed by atoms with Gasteiger partial charge >= 0.3 is 0 Å². The predicted molar refractivity (Wildman–Crippen MR) is 88.0 cm³/mol. The van der Waals surface area contributed by atoms with Crippen LogP contribution in [0.2, 0.25) is 0 Å². The fraction of sp³-hybridized carbons (Fsp3) is 0.118. The Morgan fingerprint density at radius 2 is 1.65 bits per heavy atom. The topological polar surface area (TPSA) is 101 Å². The molecule has 3 amide bonds. The van der Waals surface area contributed by atoms with Crippen molar-refractivity contribution in [2.45, 2.75) is 13.3 Å². The van der Waals surface area contributed by atoms with E-state index in [0.29, 0.717) is 16.9 Å². The highest BCUT2D eigenvalue weighted by molar-refractivity contribution is 5.96. The maximum atomic E-state index is 12.0. The lowest BCUT2D eigenvalue weighted by atomic mass is 10.1. The van der Waals surface area contributed by atoms with Crippen LogP contribution in [0.5, 0.6) is 0 Å². The zero-order valence-corrected chi connectivity index (χ0v) is 12.6. The van der Waals surface area contributed by atoms with Crippen molar-refractivity contribution in [2.75, 3.05) is 10.6 Å². The number of anilines is 2. The third-order valence-corrected chi connectivity index (χ3v) is 3.07. The Morgan fingerprint density at radius 1 is 0.957 bits per heavy atom. The molecule has 6 heteroatoms. The number of hydrogen-bond acceptors (Lipinski definition) is 3. The lowest BCUT2D eigenvalue weighted by Crippen LogP contribution is -2.16. The van der Waals surface area contributed by atoms with Gasteiger partial charge in [-0.05, 0) is 35.9 Å². The minimum absolute atomic E-state index is 0.148. The number of primary amides is 1. The highest BCUT2D eigenvalue weighted by atomic mass is 16.2. The van der Waals surface area contributed by atoms with Crippen LogP contribution >= 0.6 is 0 Å². The van der Waals surface area contributed by atoms with Gasteiger partial charge in [0.1, 0.15) is 0 Å². The maximum absolute atomic E-state index is 12.0. The molecular formula is C17H17N3O3. The summed E-state index contributed by atoms with van der Waals surface area (Å²) in [6.45, 7) is 1.43. The van der Waals surface area contributed by atoms with Gasteiger partial charge in [-0.3, -0.25) is 14.4 Å². The molecule has 0 aliphatic heterocycles. The lowest BCUT2D eigenvalue weighted by molar-refractivity contribution is -0.116. The van der Waals surface area contributed by atoms with Gasteiger partial charge in [0.05, 0.1) is 6.42 Å². The van der Waals surface area contributed by atoms with Crippen LogP contribution < -0.4 is 16.4 Å². The Hall–Kier alpha value is -3.15. The van der Waals surface area contributed by atoms with Gasteiger partial charge in [-0.1, -0.05) is 18.2 Å². The number of hydrogen-bond donors (Lipinski definition) is 3. The van der Waals surface area contributed by atoms with Crippen molar-refractivity contribution in [3.63, 3.8) is 0 Å². The van der Waals surface area contributed by atoms with Crippen molar-refractivity contribution < 1.29 is 14.4 Å². The number of rotatable bonds is 5. The van der Waals surface area contributed by atoms with Crippen molar-refractivity contribution in [1.82, 2.24) is 0 Å². The normalized spacial score (nSPS) is 9.96. The second kappa shape index (κ2) is 7.22. The SMILES string of the molecule is CC(=O)Nc1ccc(CC(=O)Nc2cccc(C(N)=O)c2)cc1. The molecule has 118 valence electrons. The van der Waals surface area contributed by atoms with Crippen molar-refractivity contribution in [3.05, 3.63) is 59.7 Å². The Morgan fingerprint density at radius 3 is 2.26 bits per heavy atom. The van der Waals surface area contributed by atoms with E-state index in [1.165, 1.54) is 13.0 Å². The molecule has 23 heavy (non-hydrogen) atoms. The molecule has 0 heterocycles. The summed E-state index contributed by atoms with van der Waals surface area (Å²) in [5, 5.41) is 5.37. The molecule has 6 nitrogen and oxygen atoms in total. The molecular weight excluding hydrogens is 294 g/mol. The summed E-state index contributed by atoms with van der Waals surface area (Å²) in [5.41, 5.74) is 7.54. The Balaban J connectivity index is 1.98. The summed E-state index contributed by atoms with van der Waals surface area (Å²) in [6, 6.07) is 13.5. The van der Waals surface area contributed by atoms with E-state index in [1.807, 2.05) is 0 Å². The standard InChI is InChI=1S/C17H17N3O3/c1-11(21)19-14-7-5-12(6-8-14)9-16(22)20-15-4-2-3-13(10-15)17(18)23/h2-8,10H,9H2,1H3,(H2,18,23)(H,19,21)(H,20,22). The first-order chi connectivity index (χ1) is 10.9. The molecule has 0 saturated carbocycles. The van der Waals surface area contributed by atoms with Gasteiger partial charge in [0, 0.05) is 23.9 Å². The van der Waals surface area contributed by atoms with E-state index < -0.39 is 5.91 Å². The number of nitrogens with two attached hydrogens (primary N) is 1. The zero-order valence-electron chi connectivity index (χ0n) is 12.6. The summed E-state index contributed by atoms with van der Waals surface area (Å²) < 4.78 is 0. The van der Waals surface area contributed by atoms with Crippen LogP contribution in [-0.2, 0) is 16.0 Å². The van der Waals surface area contributed by atoms with E-state index in [0.717, 1.165) is 5.56 Å². The van der Waals surface area contributed by atoms with E-state index in [4.69, 9.17) is 5.73 Å². The van der Waals surface area contributed by atoms with Crippen molar-refractivity contribution in [1.29, 1.82) is 0 Å². The quantitative estimate of drug-likeness (QED) is 0.786. The fourth-order valence-electron chi connectivity index (χ4n) is 2.05. The number of amides is 3. The first-order valence-electron chi connectivity index (χ1n) is 7.00. The molecule has 0 unspecified atom stereocenters. The van der Waals surface area contributed by atoms with Gasteiger partial charge in [-0.15, -0.1) is 0 Å². The molecule has 0 aromatic heterocycles. The number of benzene rings is 2. The minimum Gasteiger partial charge on any atom is -0.366 e. The maximum Gasteiger partial charge on any atom is 0.248 e. The smallest absolute Gasteiger partial charge is 0.248 e. The highest BCUT2D eigenvalue weighted by Crippen LogP contribution is 2.13. The summed E-state index contributed by atoms with van der Waals surface area (Å²) in [7, 11) is 0. The van der Waals surface area contributed by atoms with Gasteiger partial charge in [0.25, 0.3) is 0 Å². The van der Waals surface area contributed by atoms with Crippen molar-refractivity contribution in [3.8, 4) is 0 Å². The number of nitrogens with one attached hydrogen (secondary N) is 2. The molecule has 0 bridgehead atoms. The number of carbonyl (C=O) groups excluding carboxylic acids is 3. The van der Waals surface area contributed by atoms with Crippen LogP contribution in [0.25, 0.3) is 0 Å². The van der Waals surface area contributed by atoms with Crippen LogP contribution in [0.1, 0.15) is 22.8 Å². The third-order valence-electron chi connectivity index (χ3n) is 3.07. The second-order valence-electron chi connectivity index (χ2n) is 5.05. The second-order valence-corrected chi connectivity index (χ2v) is 5.05. The molecule has 0 saturated heterocycles. The molecule has 0 radical (unpaired) electrons. The van der Waals surface area contributed by atoms with Crippen LogP contribution in [0.4, 0.5) is 11.4 Å². The monoisotopic (exact) mass is 311 g/mol. The molecule has 0 spiro atoms. The molecule has 0 aliphatic carbocycles. The largest absolute Gasteiger partial charge is 0.366 e. The van der Waals surface area contributed by atoms with Crippen LogP contribution in [-0.4, -0.2) is 17.7 Å². The molecule has 2 aromatic carbocycles. The summed E-state index contributed by atoms with van der Waals surface area (Å²) >= 11 is 0. The van der Waals surface area contributed by atoms with Crippen molar-refractivity contribution in [2.24, 2.45) is 5.73 Å².